The van der Waals surface area contributed by atoms with Gasteiger partial charge in [0.25, 0.3) is 0 Å². The van der Waals surface area contributed by atoms with Crippen LogP contribution in [0.4, 0.5) is 10.5 Å². The molecule has 3 N–H and O–H groups in total. The number of amides is 2. The lowest BCUT2D eigenvalue weighted by Crippen LogP contribution is -2.31. The van der Waals surface area contributed by atoms with E-state index in [1.165, 1.54) is 11.3 Å². The molecule has 0 aliphatic carbocycles. The fraction of sp³-hybridized carbons (Fsp3) is 0.400. The minimum absolute atomic E-state index is 0.114. The molecule has 0 bridgehead atoms. The molecule has 1 saturated heterocycles. The quantitative estimate of drug-likeness (QED) is 0.768. The van der Waals surface area contributed by atoms with Crippen LogP contribution in [0.15, 0.2) is 11.4 Å². The summed E-state index contributed by atoms with van der Waals surface area (Å²) in [6.07, 6.45) is 0. The van der Waals surface area contributed by atoms with Crippen molar-refractivity contribution in [1.82, 2.24) is 10.2 Å². The first-order chi connectivity index (χ1) is 8.18. The van der Waals surface area contributed by atoms with Gasteiger partial charge in [-0.1, -0.05) is 0 Å². The maximum Gasteiger partial charge on any atom is 0.350 e. The Labute approximate surface area is 102 Å². The smallest absolute Gasteiger partial charge is 0.350 e. The van der Waals surface area contributed by atoms with Crippen LogP contribution in [0, 0.1) is 0 Å². The monoisotopic (exact) mass is 255 g/mol. The highest BCUT2D eigenvalue weighted by Crippen LogP contribution is 2.19. The van der Waals surface area contributed by atoms with Gasteiger partial charge < -0.3 is 20.7 Å². The van der Waals surface area contributed by atoms with Crippen molar-refractivity contribution in [3.63, 3.8) is 0 Å². The van der Waals surface area contributed by atoms with Crippen LogP contribution in [0.5, 0.6) is 0 Å². The summed E-state index contributed by atoms with van der Waals surface area (Å²) in [6, 6.07) is 1.55. The van der Waals surface area contributed by atoms with Crippen LogP contribution in [0.3, 0.4) is 0 Å². The van der Waals surface area contributed by atoms with E-state index < -0.39 is 5.97 Å². The molecular formula is C10H13N3O3S. The van der Waals surface area contributed by atoms with Crippen LogP contribution in [-0.2, 0) is 4.74 Å². The summed E-state index contributed by atoms with van der Waals surface area (Å²) in [6.45, 7) is 1.88. The molecule has 92 valence electrons. The van der Waals surface area contributed by atoms with Crippen LogP contribution >= 0.6 is 11.3 Å². The molecule has 0 saturated carbocycles. The van der Waals surface area contributed by atoms with Gasteiger partial charge in [-0.05, 0) is 11.4 Å². The molecule has 1 fully saturated rings. The highest BCUT2D eigenvalue weighted by atomic mass is 32.1. The lowest BCUT2D eigenvalue weighted by molar-refractivity contribution is 0.0488. The largest absolute Gasteiger partial charge is 0.460 e. The van der Waals surface area contributed by atoms with E-state index in [-0.39, 0.29) is 12.6 Å². The number of nitrogens with two attached hydrogens (primary N) is 1. The summed E-state index contributed by atoms with van der Waals surface area (Å²) < 4.78 is 5.05. The maximum atomic E-state index is 11.6. The first-order valence-electron chi connectivity index (χ1n) is 5.21. The van der Waals surface area contributed by atoms with Gasteiger partial charge in [0.1, 0.15) is 11.5 Å². The Morgan fingerprint density at radius 1 is 1.65 bits per heavy atom. The van der Waals surface area contributed by atoms with Crippen LogP contribution < -0.4 is 11.1 Å². The fourth-order valence-corrected chi connectivity index (χ4v) is 2.23. The average molecular weight is 255 g/mol. The molecule has 7 heteroatoms. The van der Waals surface area contributed by atoms with Crippen molar-refractivity contribution in [3.8, 4) is 0 Å². The predicted octanol–water partition coefficient (Wildman–Crippen LogP) is 0.512. The second kappa shape index (κ2) is 5.05. The average Bonchev–Trinajstić information content (AvgIpc) is 2.88. The van der Waals surface area contributed by atoms with E-state index in [4.69, 9.17) is 10.5 Å². The number of carbonyl (C=O) groups is 2. The molecule has 0 radical (unpaired) electrons. The van der Waals surface area contributed by atoms with Crippen molar-refractivity contribution in [1.29, 1.82) is 0 Å². The van der Waals surface area contributed by atoms with E-state index in [9.17, 15) is 9.59 Å². The molecule has 1 aromatic heterocycles. The van der Waals surface area contributed by atoms with Crippen LogP contribution in [0.1, 0.15) is 9.67 Å². The zero-order valence-corrected chi connectivity index (χ0v) is 9.96. The van der Waals surface area contributed by atoms with Crippen molar-refractivity contribution in [2.45, 2.75) is 0 Å². The van der Waals surface area contributed by atoms with Gasteiger partial charge in [0.2, 0.25) is 0 Å². The van der Waals surface area contributed by atoms with Crippen molar-refractivity contribution < 1.29 is 14.3 Å². The topological polar surface area (TPSA) is 84.7 Å². The molecule has 0 unspecified atom stereocenters. The lowest BCUT2D eigenvalue weighted by Gasteiger charge is -2.13. The van der Waals surface area contributed by atoms with Gasteiger partial charge in [0.15, 0.2) is 0 Å². The molecule has 2 rings (SSSR count). The van der Waals surface area contributed by atoms with Gasteiger partial charge in [0.05, 0.1) is 12.2 Å². The predicted molar refractivity (Wildman–Crippen MR) is 64.0 cm³/mol. The molecule has 0 aromatic carbocycles. The minimum atomic E-state index is -0.433. The number of esters is 1. The number of urea groups is 1. The number of thiophene rings is 1. The van der Waals surface area contributed by atoms with E-state index in [0.29, 0.717) is 30.2 Å². The van der Waals surface area contributed by atoms with E-state index in [0.717, 1.165) is 0 Å². The third-order valence-electron chi connectivity index (χ3n) is 2.42. The van der Waals surface area contributed by atoms with E-state index in [1.54, 1.807) is 16.3 Å². The normalized spacial score (nSPS) is 14.8. The number of nitrogen functional groups attached to an aromatic ring is 1. The SMILES string of the molecule is Nc1ccsc1C(=O)OCCN1CCNC1=O. The highest BCUT2D eigenvalue weighted by molar-refractivity contribution is 7.12. The molecule has 2 heterocycles. The summed E-state index contributed by atoms with van der Waals surface area (Å²) in [4.78, 5) is 24.8. The molecule has 0 spiro atoms. The molecule has 1 aliphatic heterocycles. The summed E-state index contributed by atoms with van der Waals surface area (Å²) in [7, 11) is 0. The van der Waals surface area contributed by atoms with Crippen molar-refractivity contribution >= 4 is 29.0 Å². The Hall–Kier alpha value is -1.76. The maximum absolute atomic E-state index is 11.6. The number of carbonyl (C=O) groups excluding carboxylic acids is 2. The first-order valence-corrected chi connectivity index (χ1v) is 6.09. The second-order valence-electron chi connectivity index (χ2n) is 3.56. The van der Waals surface area contributed by atoms with Crippen LogP contribution in [0.2, 0.25) is 0 Å². The van der Waals surface area contributed by atoms with Crippen LogP contribution in [0.25, 0.3) is 0 Å². The lowest BCUT2D eigenvalue weighted by atomic mass is 10.4. The molecular weight excluding hydrogens is 242 g/mol. The second-order valence-corrected chi connectivity index (χ2v) is 4.48. The summed E-state index contributed by atoms with van der Waals surface area (Å²) in [5, 5.41) is 4.41. The number of nitrogens with zero attached hydrogens (tertiary/aromatic N) is 1. The molecule has 0 atom stereocenters. The third-order valence-corrected chi connectivity index (χ3v) is 3.33. The van der Waals surface area contributed by atoms with Crippen LogP contribution in [-0.4, -0.2) is 43.1 Å². The van der Waals surface area contributed by atoms with Crippen molar-refractivity contribution in [2.24, 2.45) is 0 Å². The standard InChI is InChI=1S/C10H13N3O3S/c11-7-1-6-17-8(7)9(14)16-5-4-13-3-2-12-10(13)15/h1,6H,2-5,11H2,(H,12,15). The highest BCUT2D eigenvalue weighted by Gasteiger charge is 2.19. The van der Waals surface area contributed by atoms with Crippen molar-refractivity contribution in [3.05, 3.63) is 16.3 Å². The van der Waals surface area contributed by atoms with Gasteiger partial charge in [-0.25, -0.2) is 9.59 Å². The molecule has 1 aliphatic rings. The van der Waals surface area contributed by atoms with Gasteiger partial charge >= 0.3 is 12.0 Å². The van der Waals surface area contributed by atoms with Gasteiger partial charge in [-0.2, -0.15) is 0 Å². The number of rotatable bonds is 4. The zero-order valence-electron chi connectivity index (χ0n) is 9.14. The van der Waals surface area contributed by atoms with Gasteiger partial charge in [-0.15, -0.1) is 11.3 Å². The van der Waals surface area contributed by atoms with Gasteiger partial charge in [0, 0.05) is 13.1 Å². The summed E-state index contributed by atoms with van der Waals surface area (Å²) in [5.41, 5.74) is 6.02. The van der Waals surface area contributed by atoms with Gasteiger partial charge in [-0.3, -0.25) is 0 Å². The Bertz CT molecular complexity index is 432. The summed E-state index contributed by atoms with van der Waals surface area (Å²) >= 11 is 1.25. The third kappa shape index (κ3) is 2.68. The Kier molecular flexibility index (Phi) is 3.48. The minimum Gasteiger partial charge on any atom is -0.460 e. The van der Waals surface area contributed by atoms with E-state index in [1.807, 2.05) is 0 Å². The first kappa shape index (κ1) is 11.7. The number of ether oxygens (including phenoxy) is 1. The number of hydrogen-bond donors (Lipinski definition) is 2. The molecule has 17 heavy (non-hydrogen) atoms. The van der Waals surface area contributed by atoms with E-state index in [2.05, 4.69) is 5.32 Å². The zero-order chi connectivity index (χ0) is 12.3. The number of nitrogens with one attached hydrogen (secondary N) is 1. The Morgan fingerprint density at radius 3 is 3.06 bits per heavy atom. The number of anilines is 1. The van der Waals surface area contributed by atoms with E-state index >= 15 is 0 Å². The van der Waals surface area contributed by atoms with Crippen molar-refractivity contribution in [2.75, 3.05) is 32.0 Å². The Balaban J connectivity index is 1.77. The fourth-order valence-electron chi connectivity index (χ4n) is 1.52. The number of hydrogen-bond acceptors (Lipinski definition) is 5. The molecule has 2 amide bonds. The molecule has 1 aromatic rings. The Morgan fingerprint density at radius 2 is 2.47 bits per heavy atom. The summed E-state index contributed by atoms with van der Waals surface area (Å²) in [5.74, 6) is -0.433. The molecule has 6 nitrogen and oxygen atoms in total.